The van der Waals surface area contributed by atoms with Crippen LogP contribution in [0.2, 0.25) is 0 Å². The molecular weight excluding hydrogens is 357 g/mol. The van der Waals surface area contributed by atoms with Crippen LogP contribution in [0.5, 0.6) is 5.75 Å². The van der Waals surface area contributed by atoms with Crippen LogP contribution in [0.25, 0.3) is 0 Å². The highest BCUT2D eigenvalue weighted by atomic mass is 19.1. The van der Waals surface area contributed by atoms with Gasteiger partial charge in [-0.2, -0.15) is 0 Å². The summed E-state index contributed by atoms with van der Waals surface area (Å²) in [6.07, 6.45) is 0. The molecule has 1 amide bonds. The first-order valence-corrected chi connectivity index (χ1v) is 7.96. The normalized spacial score (nSPS) is 10.0. The maximum Gasteiger partial charge on any atom is 0.344 e. The van der Waals surface area contributed by atoms with Crippen molar-refractivity contribution in [3.8, 4) is 5.75 Å². The summed E-state index contributed by atoms with van der Waals surface area (Å²) in [5.74, 6) is -1.76. The molecule has 0 bridgehead atoms. The number of carbonyl (C=O) groups excluding carboxylic acids is 3. The van der Waals surface area contributed by atoms with Gasteiger partial charge in [0.05, 0.1) is 12.7 Å². The predicted octanol–water partition coefficient (Wildman–Crippen LogP) is 1.85. The molecule has 8 heteroatoms. The first kappa shape index (κ1) is 19.9. The molecule has 0 aliphatic carbocycles. The fourth-order valence-corrected chi connectivity index (χ4v) is 1.99. The van der Waals surface area contributed by atoms with E-state index in [4.69, 9.17) is 9.47 Å². The quantitative estimate of drug-likeness (QED) is 0.708. The smallest absolute Gasteiger partial charge is 0.344 e. The minimum absolute atomic E-state index is 0.212. The maximum atomic E-state index is 12.7. The zero-order chi connectivity index (χ0) is 19.6. The molecular formula is C19H18FNO6. The highest BCUT2D eigenvalue weighted by Crippen LogP contribution is 2.10. The van der Waals surface area contributed by atoms with Gasteiger partial charge in [-0.3, -0.25) is 4.79 Å². The van der Waals surface area contributed by atoms with Gasteiger partial charge in [0.1, 0.15) is 11.6 Å². The largest absolute Gasteiger partial charge is 0.482 e. The van der Waals surface area contributed by atoms with E-state index in [0.717, 1.165) is 5.56 Å². The third-order valence-corrected chi connectivity index (χ3v) is 3.40. The first-order valence-electron chi connectivity index (χ1n) is 7.96. The van der Waals surface area contributed by atoms with Crippen molar-refractivity contribution in [2.45, 2.75) is 6.54 Å². The van der Waals surface area contributed by atoms with Crippen LogP contribution in [0, 0.1) is 5.82 Å². The molecule has 2 aromatic rings. The van der Waals surface area contributed by atoms with Crippen LogP contribution in [0.1, 0.15) is 15.9 Å². The van der Waals surface area contributed by atoms with Crippen LogP contribution >= 0.6 is 0 Å². The molecule has 0 aromatic heterocycles. The lowest BCUT2D eigenvalue weighted by Gasteiger charge is -2.08. The van der Waals surface area contributed by atoms with Gasteiger partial charge in [0.15, 0.2) is 13.2 Å². The average Bonchev–Trinajstić information content (AvgIpc) is 2.70. The van der Waals surface area contributed by atoms with Crippen molar-refractivity contribution in [1.82, 2.24) is 5.32 Å². The number of hydrogen-bond donors (Lipinski definition) is 1. The lowest BCUT2D eigenvalue weighted by molar-refractivity contribution is -0.150. The fourth-order valence-electron chi connectivity index (χ4n) is 1.99. The summed E-state index contributed by atoms with van der Waals surface area (Å²) in [6.45, 7) is -0.635. The van der Waals surface area contributed by atoms with Crippen molar-refractivity contribution >= 4 is 17.8 Å². The molecule has 1 N–H and O–H groups in total. The summed E-state index contributed by atoms with van der Waals surface area (Å²) in [5, 5.41) is 2.58. The van der Waals surface area contributed by atoms with Crippen LogP contribution in [-0.2, 0) is 25.6 Å². The Kier molecular flexibility index (Phi) is 7.30. The van der Waals surface area contributed by atoms with Gasteiger partial charge in [-0.15, -0.1) is 0 Å². The Morgan fingerprint density at radius 2 is 1.63 bits per heavy atom. The molecule has 0 radical (unpaired) electrons. The summed E-state index contributed by atoms with van der Waals surface area (Å²) in [5.41, 5.74) is 1.17. The van der Waals surface area contributed by atoms with Gasteiger partial charge in [-0.1, -0.05) is 12.1 Å². The van der Waals surface area contributed by atoms with Crippen molar-refractivity contribution in [2.75, 3.05) is 20.3 Å². The van der Waals surface area contributed by atoms with E-state index in [1.54, 1.807) is 24.3 Å². The van der Waals surface area contributed by atoms with E-state index in [1.165, 1.54) is 31.4 Å². The average molecular weight is 375 g/mol. The minimum atomic E-state index is -0.725. The summed E-state index contributed by atoms with van der Waals surface area (Å²) in [6, 6.07) is 11.7. The molecule has 0 unspecified atom stereocenters. The second kappa shape index (κ2) is 9.91. The van der Waals surface area contributed by atoms with Gasteiger partial charge < -0.3 is 19.5 Å². The Morgan fingerprint density at radius 1 is 0.963 bits per heavy atom. The molecule has 0 saturated carbocycles. The van der Waals surface area contributed by atoms with Crippen molar-refractivity contribution in [1.29, 1.82) is 0 Å². The summed E-state index contributed by atoms with van der Waals surface area (Å²) >= 11 is 0. The number of amides is 1. The summed E-state index contributed by atoms with van der Waals surface area (Å²) < 4.78 is 27.3. The van der Waals surface area contributed by atoms with Crippen LogP contribution in [0.4, 0.5) is 4.39 Å². The summed E-state index contributed by atoms with van der Waals surface area (Å²) in [7, 11) is 1.29. The standard InChI is InChI=1S/C19H18FNO6/c1-25-19(24)14-4-2-13(3-5-14)10-21-17(22)11-27-18(23)12-26-16-8-6-15(20)7-9-16/h2-9H,10-12H2,1H3,(H,21,22). The minimum Gasteiger partial charge on any atom is -0.482 e. The lowest BCUT2D eigenvalue weighted by atomic mass is 10.1. The molecule has 142 valence electrons. The van der Waals surface area contributed by atoms with Gasteiger partial charge >= 0.3 is 11.9 Å². The second-order valence-electron chi connectivity index (χ2n) is 5.37. The monoisotopic (exact) mass is 375 g/mol. The number of hydrogen-bond acceptors (Lipinski definition) is 6. The van der Waals surface area contributed by atoms with Crippen molar-refractivity contribution in [2.24, 2.45) is 0 Å². The fraction of sp³-hybridized carbons (Fsp3) is 0.211. The Labute approximate surface area is 155 Å². The van der Waals surface area contributed by atoms with Crippen LogP contribution in [-0.4, -0.2) is 38.2 Å². The summed E-state index contributed by atoms with van der Waals surface area (Å²) in [4.78, 5) is 34.6. The Bertz CT molecular complexity index is 789. The van der Waals surface area contributed by atoms with E-state index >= 15 is 0 Å². The number of ether oxygens (including phenoxy) is 3. The predicted molar refractivity (Wildman–Crippen MR) is 92.5 cm³/mol. The number of halogens is 1. The Morgan fingerprint density at radius 3 is 2.26 bits per heavy atom. The molecule has 2 rings (SSSR count). The van der Waals surface area contributed by atoms with Gasteiger partial charge in [0.2, 0.25) is 0 Å². The van der Waals surface area contributed by atoms with E-state index in [2.05, 4.69) is 10.1 Å². The molecule has 27 heavy (non-hydrogen) atoms. The van der Waals surface area contributed by atoms with E-state index in [0.29, 0.717) is 11.3 Å². The van der Waals surface area contributed by atoms with Crippen molar-refractivity contribution in [3.05, 3.63) is 65.5 Å². The zero-order valence-electron chi connectivity index (χ0n) is 14.6. The zero-order valence-corrected chi connectivity index (χ0v) is 14.6. The third-order valence-electron chi connectivity index (χ3n) is 3.40. The second-order valence-corrected chi connectivity index (χ2v) is 5.37. The highest BCUT2D eigenvalue weighted by Gasteiger charge is 2.09. The number of benzene rings is 2. The third kappa shape index (κ3) is 6.77. The molecule has 0 spiro atoms. The molecule has 7 nitrogen and oxygen atoms in total. The molecule has 0 fully saturated rings. The van der Waals surface area contributed by atoms with E-state index in [-0.39, 0.29) is 6.54 Å². The van der Waals surface area contributed by atoms with Gasteiger partial charge in [-0.05, 0) is 42.0 Å². The molecule has 0 atom stereocenters. The van der Waals surface area contributed by atoms with E-state index in [1.807, 2.05) is 0 Å². The van der Waals surface area contributed by atoms with Crippen molar-refractivity contribution < 1.29 is 33.0 Å². The number of rotatable bonds is 8. The topological polar surface area (TPSA) is 90.9 Å². The molecule has 0 heterocycles. The van der Waals surface area contributed by atoms with Crippen LogP contribution in [0.15, 0.2) is 48.5 Å². The van der Waals surface area contributed by atoms with Crippen molar-refractivity contribution in [3.63, 3.8) is 0 Å². The van der Waals surface area contributed by atoms with Crippen LogP contribution < -0.4 is 10.1 Å². The molecule has 2 aromatic carbocycles. The number of carbonyl (C=O) groups is 3. The molecule has 0 saturated heterocycles. The number of methoxy groups -OCH3 is 1. The number of esters is 2. The molecule has 0 aliphatic heterocycles. The maximum absolute atomic E-state index is 12.7. The highest BCUT2D eigenvalue weighted by molar-refractivity contribution is 5.89. The first-order chi connectivity index (χ1) is 13.0. The van der Waals surface area contributed by atoms with Gasteiger partial charge in [0.25, 0.3) is 5.91 Å². The SMILES string of the molecule is COC(=O)c1ccc(CNC(=O)COC(=O)COc2ccc(F)cc2)cc1. The lowest BCUT2D eigenvalue weighted by Crippen LogP contribution is -2.29. The van der Waals surface area contributed by atoms with Gasteiger partial charge in [-0.25, -0.2) is 14.0 Å². The van der Waals surface area contributed by atoms with E-state index < -0.39 is 36.9 Å². The van der Waals surface area contributed by atoms with Gasteiger partial charge in [0, 0.05) is 6.54 Å². The van der Waals surface area contributed by atoms with Crippen LogP contribution in [0.3, 0.4) is 0 Å². The Balaban J connectivity index is 1.67. The number of nitrogens with one attached hydrogen (secondary N) is 1. The van der Waals surface area contributed by atoms with E-state index in [9.17, 15) is 18.8 Å². The molecule has 0 aliphatic rings. The Hall–Kier alpha value is -3.42.